The van der Waals surface area contributed by atoms with Crippen LogP contribution in [-0.2, 0) is 4.74 Å². The second kappa shape index (κ2) is 2.89. The van der Waals surface area contributed by atoms with Crippen LogP contribution in [0.25, 0.3) is 0 Å². The molecule has 0 aromatic heterocycles. The summed E-state index contributed by atoms with van der Waals surface area (Å²) < 4.78 is 5.44. The first kappa shape index (κ1) is 8.02. The van der Waals surface area contributed by atoms with Crippen LogP contribution in [0.4, 0.5) is 0 Å². The van der Waals surface area contributed by atoms with Crippen LogP contribution < -0.4 is 5.73 Å². The van der Waals surface area contributed by atoms with Crippen LogP contribution in [0.2, 0.25) is 0 Å². The molecule has 0 aromatic rings. The van der Waals surface area contributed by atoms with E-state index in [1.165, 1.54) is 12.8 Å². The minimum absolute atomic E-state index is 0.0139. The summed E-state index contributed by atoms with van der Waals surface area (Å²) in [6.07, 6.45) is 3.68. The smallest absolute Gasteiger partial charge is 0.0825 e. The second-order valence-corrected chi connectivity index (χ2v) is 3.27. The number of nitrogens with two attached hydrogens (primary N) is 1. The Hall–Kier alpha value is -0.0800. The molecule has 60 valence electrons. The Labute approximate surface area is 62.7 Å². The van der Waals surface area contributed by atoms with E-state index in [1.54, 1.807) is 7.11 Å². The first-order chi connectivity index (χ1) is 4.75. The van der Waals surface area contributed by atoms with E-state index in [2.05, 4.69) is 6.92 Å². The Morgan fingerprint density at radius 3 is 2.60 bits per heavy atom. The lowest BCUT2D eigenvalue weighted by molar-refractivity contribution is -0.0279. The summed E-state index contributed by atoms with van der Waals surface area (Å²) in [5.74, 6) is 0.641. The molecule has 2 atom stereocenters. The van der Waals surface area contributed by atoms with Crippen molar-refractivity contribution in [1.82, 2.24) is 0 Å². The van der Waals surface area contributed by atoms with Gasteiger partial charge in [-0.05, 0) is 18.8 Å². The summed E-state index contributed by atoms with van der Waals surface area (Å²) in [6.45, 7) is 2.90. The number of rotatable bonds is 2. The van der Waals surface area contributed by atoms with E-state index >= 15 is 0 Å². The monoisotopic (exact) mass is 143 g/mol. The van der Waals surface area contributed by atoms with Crippen molar-refractivity contribution in [1.29, 1.82) is 0 Å². The number of ether oxygens (including phenoxy) is 1. The van der Waals surface area contributed by atoms with Gasteiger partial charge in [0.15, 0.2) is 0 Å². The summed E-state index contributed by atoms with van der Waals surface area (Å²) in [6, 6.07) is 0. The lowest BCUT2D eigenvalue weighted by Gasteiger charge is -2.30. The zero-order valence-corrected chi connectivity index (χ0v) is 6.89. The third kappa shape index (κ3) is 1.06. The molecule has 2 N–H and O–H groups in total. The van der Waals surface area contributed by atoms with Crippen LogP contribution in [0.1, 0.15) is 26.2 Å². The van der Waals surface area contributed by atoms with Gasteiger partial charge in [0.05, 0.1) is 5.60 Å². The molecule has 2 nitrogen and oxygen atoms in total. The molecule has 10 heavy (non-hydrogen) atoms. The third-order valence-electron chi connectivity index (χ3n) is 2.89. The molecule has 1 fully saturated rings. The third-order valence-corrected chi connectivity index (χ3v) is 2.89. The number of hydrogen-bond acceptors (Lipinski definition) is 2. The van der Waals surface area contributed by atoms with Gasteiger partial charge in [0.1, 0.15) is 0 Å². The molecule has 0 radical (unpaired) electrons. The molecule has 2 heteroatoms. The fourth-order valence-corrected chi connectivity index (χ4v) is 1.91. The summed E-state index contributed by atoms with van der Waals surface area (Å²) in [4.78, 5) is 0. The minimum atomic E-state index is 0.0139. The Morgan fingerprint density at radius 1 is 1.70 bits per heavy atom. The number of hydrogen-bond donors (Lipinski definition) is 1. The van der Waals surface area contributed by atoms with Gasteiger partial charge < -0.3 is 10.5 Å². The highest BCUT2D eigenvalue weighted by atomic mass is 16.5. The lowest BCUT2D eigenvalue weighted by atomic mass is 9.92. The molecule has 1 rings (SSSR count). The largest absolute Gasteiger partial charge is 0.377 e. The van der Waals surface area contributed by atoms with Crippen LogP contribution in [0, 0.1) is 5.92 Å². The standard InChI is InChI=1S/C8H17NO/c1-7-4-3-5-8(7,6-9)10-2/h7H,3-6,9H2,1-2H3. The first-order valence-corrected chi connectivity index (χ1v) is 4.00. The van der Waals surface area contributed by atoms with Crippen LogP contribution >= 0.6 is 0 Å². The van der Waals surface area contributed by atoms with E-state index in [4.69, 9.17) is 10.5 Å². The summed E-state index contributed by atoms with van der Waals surface area (Å²) >= 11 is 0. The Morgan fingerprint density at radius 2 is 2.40 bits per heavy atom. The van der Waals surface area contributed by atoms with Crippen LogP contribution in [0.3, 0.4) is 0 Å². The predicted octanol–water partition coefficient (Wildman–Crippen LogP) is 1.15. The van der Waals surface area contributed by atoms with Gasteiger partial charge in [-0.3, -0.25) is 0 Å². The van der Waals surface area contributed by atoms with Gasteiger partial charge in [-0.25, -0.2) is 0 Å². The fourth-order valence-electron chi connectivity index (χ4n) is 1.91. The van der Waals surface area contributed by atoms with Gasteiger partial charge in [0.2, 0.25) is 0 Å². The molecule has 0 amide bonds. The molecule has 2 unspecified atom stereocenters. The fraction of sp³-hybridized carbons (Fsp3) is 1.00. The minimum Gasteiger partial charge on any atom is -0.377 e. The van der Waals surface area contributed by atoms with Crippen molar-refractivity contribution in [2.75, 3.05) is 13.7 Å². The van der Waals surface area contributed by atoms with Crippen molar-refractivity contribution in [3.8, 4) is 0 Å². The van der Waals surface area contributed by atoms with Gasteiger partial charge in [-0.2, -0.15) is 0 Å². The molecule has 0 heterocycles. The molecule has 0 saturated heterocycles. The molecule has 0 bridgehead atoms. The van der Waals surface area contributed by atoms with Gasteiger partial charge in [-0.15, -0.1) is 0 Å². The molecule has 0 aliphatic heterocycles. The van der Waals surface area contributed by atoms with Gasteiger partial charge >= 0.3 is 0 Å². The van der Waals surface area contributed by atoms with E-state index in [-0.39, 0.29) is 5.60 Å². The molecule has 1 aliphatic carbocycles. The summed E-state index contributed by atoms with van der Waals surface area (Å²) in [5.41, 5.74) is 5.66. The maximum Gasteiger partial charge on any atom is 0.0825 e. The van der Waals surface area contributed by atoms with Crippen molar-refractivity contribution in [3.05, 3.63) is 0 Å². The quantitative estimate of drug-likeness (QED) is 0.629. The zero-order chi connectivity index (χ0) is 7.61. The Balaban J connectivity index is 2.61. The van der Waals surface area contributed by atoms with E-state index in [9.17, 15) is 0 Å². The molecular formula is C8H17NO. The van der Waals surface area contributed by atoms with Gasteiger partial charge in [-0.1, -0.05) is 13.3 Å². The van der Waals surface area contributed by atoms with E-state index in [0.29, 0.717) is 12.5 Å². The van der Waals surface area contributed by atoms with E-state index in [1.807, 2.05) is 0 Å². The normalized spacial score (nSPS) is 40.5. The molecule has 0 spiro atoms. The average molecular weight is 143 g/mol. The highest BCUT2D eigenvalue weighted by molar-refractivity contribution is 4.92. The van der Waals surface area contributed by atoms with Crippen molar-refractivity contribution in [2.45, 2.75) is 31.8 Å². The summed E-state index contributed by atoms with van der Waals surface area (Å²) in [5, 5.41) is 0. The van der Waals surface area contributed by atoms with Gasteiger partial charge in [0, 0.05) is 13.7 Å². The van der Waals surface area contributed by atoms with Crippen LogP contribution in [0.15, 0.2) is 0 Å². The molecule has 0 aromatic carbocycles. The van der Waals surface area contributed by atoms with Gasteiger partial charge in [0.25, 0.3) is 0 Å². The van der Waals surface area contributed by atoms with Crippen molar-refractivity contribution in [3.63, 3.8) is 0 Å². The maximum absolute atomic E-state index is 5.64. The van der Waals surface area contributed by atoms with E-state index < -0.39 is 0 Å². The Bertz CT molecular complexity index is 110. The highest BCUT2D eigenvalue weighted by Crippen LogP contribution is 2.36. The number of methoxy groups -OCH3 is 1. The lowest BCUT2D eigenvalue weighted by Crippen LogP contribution is -2.42. The molecule has 1 saturated carbocycles. The SMILES string of the molecule is COC1(CN)CCCC1C. The molecule has 1 aliphatic rings. The second-order valence-electron chi connectivity index (χ2n) is 3.27. The van der Waals surface area contributed by atoms with Crippen molar-refractivity contribution in [2.24, 2.45) is 11.7 Å². The first-order valence-electron chi connectivity index (χ1n) is 4.00. The average Bonchev–Trinajstić information content (AvgIpc) is 2.32. The maximum atomic E-state index is 5.64. The molecular weight excluding hydrogens is 126 g/mol. The van der Waals surface area contributed by atoms with Crippen molar-refractivity contribution >= 4 is 0 Å². The zero-order valence-electron chi connectivity index (χ0n) is 6.89. The highest BCUT2D eigenvalue weighted by Gasteiger charge is 2.38. The van der Waals surface area contributed by atoms with Crippen molar-refractivity contribution < 1.29 is 4.74 Å². The Kier molecular flexibility index (Phi) is 2.32. The van der Waals surface area contributed by atoms with Crippen LogP contribution in [0.5, 0.6) is 0 Å². The van der Waals surface area contributed by atoms with E-state index in [0.717, 1.165) is 6.42 Å². The topological polar surface area (TPSA) is 35.2 Å². The summed E-state index contributed by atoms with van der Waals surface area (Å²) in [7, 11) is 1.77. The predicted molar refractivity (Wildman–Crippen MR) is 41.8 cm³/mol. The van der Waals surface area contributed by atoms with Crippen LogP contribution in [-0.4, -0.2) is 19.3 Å².